The molecule has 4 fully saturated rings. The summed E-state index contributed by atoms with van der Waals surface area (Å²) >= 11 is 0. The Labute approximate surface area is 150 Å². The van der Waals surface area contributed by atoms with Crippen molar-refractivity contribution in [3.63, 3.8) is 0 Å². The van der Waals surface area contributed by atoms with E-state index in [1.165, 1.54) is 19.3 Å². The van der Waals surface area contributed by atoms with Crippen molar-refractivity contribution in [2.45, 2.75) is 50.5 Å². The van der Waals surface area contributed by atoms with Crippen LogP contribution in [0.1, 0.15) is 44.9 Å². The van der Waals surface area contributed by atoms with Crippen molar-refractivity contribution in [2.24, 2.45) is 17.8 Å². The lowest BCUT2D eigenvalue weighted by Crippen LogP contribution is -2.61. The number of amides is 3. The second-order valence-corrected chi connectivity index (χ2v) is 7.78. The number of halogens is 1. The maximum atomic E-state index is 12.2. The Kier molecular flexibility index (Phi) is 6.75. The van der Waals surface area contributed by atoms with Crippen LogP contribution in [0.15, 0.2) is 0 Å². The topological polar surface area (TPSA) is 82.3 Å². The Bertz CT molecular complexity index is 423. The maximum absolute atomic E-state index is 12.2. The van der Waals surface area contributed by atoms with Crippen LogP contribution in [0, 0.1) is 17.8 Å². The summed E-state index contributed by atoms with van der Waals surface area (Å²) in [6.07, 6.45) is 7.89. The van der Waals surface area contributed by atoms with Crippen LogP contribution >= 0.6 is 12.4 Å². The van der Waals surface area contributed by atoms with Crippen molar-refractivity contribution in [1.29, 1.82) is 0 Å². The van der Waals surface area contributed by atoms with Gasteiger partial charge >= 0.3 is 6.03 Å². The number of hydrogen-bond acceptors (Lipinski definition) is 3. The third-order valence-corrected chi connectivity index (χ3v) is 5.75. The van der Waals surface area contributed by atoms with E-state index < -0.39 is 0 Å². The number of carbonyl (C=O) groups excluding carboxylic acids is 2. The molecule has 4 rings (SSSR count). The molecule has 0 aromatic carbocycles. The minimum Gasteiger partial charge on any atom is -0.355 e. The first kappa shape index (κ1) is 19.3. The molecule has 0 atom stereocenters. The Morgan fingerprint density at radius 1 is 0.917 bits per heavy atom. The molecule has 24 heavy (non-hydrogen) atoms. The minimum atomic E-state index is -0.102. The van der Waals surface area contributed by atoms with Gasteiger partial charge in [-0.2, -0.15) is 0 Å². The monoisotopic (exact) mass is 358 g/mol. The standard InChI is InChI=1S/C17H30N4O2.ClH/c1-18-4-5-19-15(22)2-3-20-16(23)21-17-9-12-6-13(10-17)8-14(7-12)11-17;/h12-14,18H,2-11H2,1H3,(H,19,22)(H2,20,21,23);1H. The minimum absolute atomic E-state index is 0. The lowest BCUT2D eigenvalue weighted by Gasteiger charge is -2.56. The van der Waals surface area contributed by atoms with Gasteiger partial charge in [-0.05, 0) is 63.3 Å². The summed E-state index contributed by atoms with van der Waals surface area (Å²) in [5, 5.41) is 11.9. The highest BCUT2D eigenvalue weighted by atomic mass is 35.5. The van der Waals surface area contributed by atoms with Crippen LogP contribution in [0.2, 0.25) is 0 Å². The average molecular weight is 359 g/mol. The lowest BCUT2D eigenvalue weighted by molar-refractivity contribution is -0.120. The van der Waals surface area contributed by atoms with E-state index in [0.29, 0.717) is 19.5 Å². The second kappa shape index (κ2) is 8.39. The quantitative estimate of drug-likeness (QED) is 0.519. The third kappa shape index (κ3) is 4.76. The summed E-state index contributed by atoms with van der Waals surface area (Å²) in [5.41, 5.74) is 0.0356. The summed E-state index contributed by atoms with van der Waals surface area (Å²) < 4.78 is 0. The van der Waals surface area contributed by atoms with Crippen molar-refractivity contribution >= 4 is 24.3 Å². The molecule has 0 aromatic rings. The van der Waals surface area contributed by atoms with Crippen molar-refractivity contribution < 1.29 is 9.59 Å². The molecule has 0 heterocycles. The number of likely N-dealkylation sites (N-methyl/N-ethyl adjacent to an activating group) is 1. The van der Waals surface area contributed by atoms with Gasteiger partial charge in [0, 0.05) is 31.6 Å². The van der Waals surface area contributed by atoms with Crippen molar-refractivity contribution in [3.8, 4) is 0 Å². The fourth-order valence-electron chi connectivity index (χ4n) is 5.25. The Morgan fingerprint density at radius 2 is 1.50 bits per heavy atom. The first-order valence-corrected chi connectivity index (χ1v) is 9.06. The number of carbonyl (C=O) groups is 2. The first-order chi connectivity index (χ1) is 11.1. The highest BCUT2D eigenvalue weighted by Gasteiger charge is 2.51. The van der Waals surface area contributed by atoms with E-state index in [9.17, 15) is 9.59 Å². The summed E-state index contributed by atoms with van der Waals surface area (Å²) in [6.45, 7) is 1.77. The molecular weight excluding hydrogens is 328 g/mol. The zero-order valence-corrected chi connectivity index (χ0v) is 15.3. The van der Waals surface area contributed by atoms with E-state index in [1.807, 2.05) is 7.05 Å². The zero-order chi connectivity index (χ0) is 16.3. The number of urea groups is 1. The van der Waals surface area contributed by atoms with Gasteiger partial charge in [0.25, 0.3) is 0 Å². The molecule has 6 nitrogen and oxygen atoms in total. The lowest BCUT2D eigenvalue weighted by atomic mass is 9.53. The molecule has 0 spiro atoms. The number of rotatable bonds is 7. The summed E-state index contributed by atoms with van der Waals surface area (Å²) in [7, 11) is 1.85. The SMILES string of the molecule is CNCCNC(=O)CCNC(=O)NC12CC3CC(CC(C3)C1)C2.Cl. The number of hydrogen-bond donors (Lipinski definition) is 4. The molecule has 0 aliphatic heterocycles. The first-order valence-electron chi connectivity index (χ1n) is 9.06. The van der Waals surface area contributed by atoms with Crippen LogP contribution in [0.3, 0.4) is 0 Å². The van der Waals surface area contributed by atoms with E-state index >= 15 is 0 Å². The van der Waals surface area contributed by atoms with E-state index in [-0.39, 0.29) is 29.9 Å². The largest absolute Gasteiger partial charge is 0.355 e. The van der Waals surface area contributed by atoms with Gasteiger partial charge in [0.2, 0.25) is 5.91 Å². The fraction of sp³-hybridized carbons (Fsp3) is 0.882. The average Bonchev–Trinajstić information content (AvgIpc) is 2.45. The summed E-state index contributed by atoms with van der Waals surface area (Å²) in [4.78, 5) is 23.8. The van der Waals surface area contributed by atoms with Gasteiger partial charge in [-0.15, -0.1) is 12.4 Å². The van der Waals surface area contributed by atoms with Crippen LogP contribution in [-0.2, 0) is 4.79 Å². The Balaban J connectivity index is 0.00000208. The van der Waals surface area contributed by atoms with Crippen molar-refractivity contribution in [1.82, 2.24) is 21.3 Å². The molecule has 4 N–H and O–H groups in total. The smallest absolute Gasteiger partial charge is 0.315 e. The normalized spacial score (nSPS) is 32.8. The summed E-state index contributed by atoms with van der Waals surface area (Å²) in [6, 6.07) is -0.102. The Morgan fingerprint density at radius 3 is 2.04 bits per heavy atom. The van der Waals surface area contributed by atoms with E-state index in [2.05, 4.69) is 21.3 Å². The molecule has 4 bridgehead atoms. The van der Waals surface area contributed by atoms with Crippen molar-refractivity contribution in [2.75, 3.05) is 26.7 Å². The second-order valence-electron chi connectivity index (χ2n) is 7.78. The van der Waals surface area contributed by atoms with Gasteiger partial charge in [-0.25, -0.2) is 4.79 Å². The van der Waals surface area contributed by atoms with Gasteiger partial charge in [-0.1, -0.05) is 0 Å². The van der Waals surface area contributed by atoms with Crippen LogP contribution in [0.25, 0.3) is 0 Å². The maximum Gasteiger partial charge on any atom is 0.315 e. The van der Waals surface area contributed by atoms with Crippen LogP contribution in [0.5, 0.6) is 0 Å². The highest BCUT2D eigenvalue weighted by Crippen LogP contribution is 2.55. The van der Waals surface area contributed by atoms with Gasteiger partial charge < -0.3 is 21.3 Å². The molecule has 0 radical (unpaired) electrons. The molecule has 7 heteroatoms. The zero-order valence-electron chi connectivity index (χ0n) is 14.5. The van der Waals surface area contributed by atoms with Crippen LogP contribution in [0.4, 0.5) is 4.79 Å². The number of nitrogens with one attached hydrogen (secondary N) is 4. The predicted octanol–water partition coefficient (Wildman–Crippen LogP) is 1.40. The van der Waals surface area contributed by atoms with Gasteiger partial charge in [0.15, 0.2) is 0 Å². The van der Waals surface area contributed by atoms with E-state index in [1.54, 1.807) is 0 Å². The molecule has 0 aromatic heterocycles. The fourth-order valence-corrected chi connectivity index (χ4v) is 5.25. The predicted molar refractivity (Wildman–Crippen MR) is 96.2 cm³/mol. The van der Waals surface area contributed by atoms with Gasteiger partial charge in [-0.3, -0.25) is 4.79 Å². The Hall–Kier alpha value is -1.01. The molecule has 138 valence electrons. The van der Waals surface area contributed by atoms with E-state index in [4.69, 9.17) is 0 Å². The molecule has 4 saturated carbocycles. The molecule has 3 amide bonds. The van der Waals surface area contributed by atoms with Gasteiger partial charge in [0.1, 0.15) is 0 Å². The molecule has 0 saturated heterocycles. The van der Waals surface area contributed by atoms with Crippen LogP contribution < -0.4 is 21.3 Å². The van der Waals surface area contributed by atoms with Crippen molar-refractivity contribution in [3.05, 3.63) is 0 Å². The molecule has 0 unspecified atom stereocenters. The molecular formula is C17H31ClN4O2. The molecule has 4 aliphatic carbocycles. The third-order valence-electron chi connectivity index (χ3n) is 5.75. The van der Waals surface area contributed by atoms with E-state index in [0.717, 1.165) is 43.6 Å². The molecule has 4 aliphatic rings. The van der Waals surface area contributed by atoms with Gasteiger partial charge in [0.05, 0.1) is 0 Å². The highest BCUT2D eigenvalue weighted by molar-refractivity contribution is 5.85. The van der Waals surface area contributed by atoms with Crippen LogP contribution in [-0.4, -0.2) is 44.2 Å². The summed E-state index contributed by atoms with van der Waals surface area (Å²) in [5.74, 6) is 2.44.